The third-order valence-corrected chi connectivity index (χ3v) is 3.65. The average Bonchev–Trinajstić information content (AvgIpc) is 3.10. The molecule has 2 heterocycles. The molecule has 7 nitrogen and oxygen atoms in total. The monoisotopic (exact) mass is 340 g/mol. The van der Waals surface area contributed by atoms with E-state index in [0.29, 0.717) is 13.1 Å². The van der Waals surface area contributed by atoms with Crippen molar-refractivity contribution in [2.45, 2.75) is 12.6 Å². The second-order valence-electron chi connectivity index (χ2n) is 5.39. The van der Waals surface area contributed by atoms with E-state index in [1.165, 1.54) is 23.0 Å². The summed E-state index contributed by atoms with van der Waals surface area (Å²) in [5.74, 6) is -0.720. The topological polar surface area (TPSA) is 98.7 Å². The zero-order chi connectivity index (χ0) is 17.6. The summed E-state index contributed by atoms with van der Waals surface area (Å²) >= 11 is 0. The Balaban J connectivity index is 1.86. The highest BCUT2D eigenvalue weighted by molar-refractivity contribution is 5.92. The van der Waals surface area contributed by atoms with Crippen LogP contribution in [0.5, 0.6) is 0 Å². The zero-order valence-corrected chi connectivity index (χ0v) is 13.3. The molecule has 0 aliphatic carbocycles. The fraction of sp³-hybridized carbons (Fsp3) is 0.176. The number of hydrogen-bond acceptors (Lipinski definition) is 5. The van der Waals surface area contributed by atoms with E-state index >= 15 is 0 Å². The molecule has 0 saturated carbocycles. The summed E-state index contributed by atoms with van der Waals surface area (Å²) in [7, 11) is 0. The second kappa shape index (κ2) is 7.63. The van der Waals surface area contributed by atoms with Crippen LogP contribution in [0.4, 0.5) is 4.39 Å². The summed E-state index contributed by atoms with van der Waals surface area (Å²) in [6, 6.07) is 9.09. The number of pyridine rings is 1. The molecule has 2 aromatic heterocycles. The number of carbonyl (C=O) groups is 1. The molecule has 25 heavy (non-hydrogen) atoms. The van der Waals surface area contributed by atoms with E-state index in [0.717, 1.165) is 11.1 Å². The molecular weight excluding hydrogens is 323 g/mol. The third kappa shape index (κ3) is 4.04. The lowest BCUT2D eigenvalue weighted by molar-refractivity contribution is 0.0938. The van der Waals surface area contributed by atoms with Crippen molar-refractivity contribution in [3.8, 4) is 0 Å². The van der Waals surface area contributed by atoms with Crippen LogP contribution >= 0.6 is 0 Å². The molecule has 3 N–H and O–H groups in total. The van der Waals surface area contributed by atoms with Gasteiger partial charge in [0.25, 0.3) is 5.91 Å². The average molecular weight is 340 g/mol. The van der Waals surface area contributed by atoms with E-state index in [4.69, 9.17) is 5.73 Å². The van der Waals surface area contributed by atoms with Gasteiger partial charge in [-0.15, -0.1) is 5.10 Å². The molecule has 1 unspecified atom stereocenters. The summed E-state index contributed by atoms with van der Waals surface area (Å²) in [5, 5.41) is 10.6. The number of nitrogens with one attached hydrogen (secondary N) is 1. The van der Waals surface area contributed by atoms with Crippen molar-refractivity contribution in [3.05, 3.63) is 77.6 Å². The molecule has 3 aromatic rings. The van der Waals surface area contributed by atoms with Crippen LogP contribution in [-0.2, 0) is 6.54 Å². The van der Waals surface area contributed by atoms with Gasteiger partial charge in [0.1, 0.15) is 5.82 Å². The van der Waals surface area contributed by atoms with E-state index in [1.807, 2.05) is 0 Å². The van der Waals surface area contributed by atoms with Crippen molar-refractivity contribution in [1.82, 2.24) is 25.3 Å². The summed E-state index contributed by atoms with van der Waals surface area (Å²) in [4.78, 5) is 16.5. The van der Waals surface area contributed by atoms with Gasteiger partial charge in [0.15, 0.2) is 5.69 Å². The van der Waals surface area contributed by atoms with Crippen molar-refractivity contribution >= 4 is 5.91 Å². The molecule has 1 atom stereocenters. The van der Waals surface area contributed by atoms with Gasteiger partial charge in [0.2, 0.25) is 0 Å². The molecule has 0 saturated heterocycles. The van der Waals surface area contributed by atoms with Gasteiger partial charge in [-0.05, 0) is 35.4 Å². The SMILES string of the molecule is NCCn1cc(C(=O)NC(c2ccncc2)c2ccc(F)cc2)nn1. The first kappa shape index (κ1) is 16.7. The number of carbonyl (C=O) groups excluding carboxylic acids is 1. The third-order valence-electron chi connectivity index (χ3n) is 3.65. The van der Waals surface area contributed by atoms with Crippen LogP contribution in [0.25, 0.3) is 0 Å². The quantitative estimate of drug-likeness (QED) is 0.704. The van der Waals surface area contributed by atoms with Crippen LogP contribution < -0.4 is 11.1 Å². The fourth-order valence-electron chi connectivity index (χ4n) is 2.42. The molecule has 0 aliphatic heterocycles. The van der Waals surface area contributed by atoms with E-state index in [-0.39, 0.29) is 17.4 Å². The first-order valence-electron chi connectivity index (χ1n) is 7.74. The van der Waals surface area contributed by atoms with Crippen LogP contribution in [0.2, 0.25) is 0 Å². The van der Waals surface area contributed by atoms with Gasteiger partial charge in [0, 0.05) is 18.9 Å². The first-order chi connectivity index (χ1) is 12.2. The van der Waals surface area contributed by atoms with E-state index < -0.39 is 6.04 Å². The Hall–Kier alpha value is -3.13. The lowest BCUT2D eigenvalue weighted by Gasteiger charge is -2.19. The number of rotatable bonds is 6. The molecule has 0 bridgehead atoms. The van der Waals surface area contributed by atoms with Crippen molar-refractivity contribution in [1.29, 1.82) is 0 Å². The maximum atomic E-state index is 13.2. The zero-order valence-electron chi connectivity index (χ0n) is 13.3. The van der Waals surface area contributed by atoms with Gasteiger partial charge in [-0.2, -0.15) is 0 Å². The number of amides is 1. The Morgan fingerprint density at radius 2 is 1.84 bits per heavy atom. The molecule has 0 aliphatic rings. The van der Waals surface area contributed by atoms with Crippen molar-refractivity contribution in [2.75, 3.05) is 6.54 Å². The Morgan fingerprint density at radius 1 is 1.16 bits per heavy atom. The largest absolute Gasteiger partial charge is 0.340 e. The summed E-state index contributed by atoms with van der Waals surface area (Å²) in [6.07, 6.45) is 4.81. The van der Waals surface area contributed by atoms with Crippen LogP contribution in [0.3, 0.4) is 0 Å². The lowest BCUT2D eigenvalue weighted by atomic mass is 9.99. The summed E-state index contributed by atoms with van der Waals surface area (Å²) in [5.41, 5.74) is 7.22. The minimum atomic E-state index is -0.462. The van der Waals surface area contributed by atoms with Crippen LogP contribution in [0.15, 0.2) is 55.0 Å². The number of halogens is 1. The maximum Gasteiger partial charge on any atom is 0.274 e. The van der Waals surface area contributed by atoms with Gasteiger partial charge in [-0.1, -0.05) is 17.3 Å². The smallest absolute Gasteiger partial charge is 0.274 e. The molecule has 3 rings (SSSR count). The van der Waals surface area contributed by atoms with Gasteiger partial charge < -0.3 is 11.1 Å². The summed E-state index contributed by atoms with van der Waals surface area (Å²) < 4.78 is 14.7. The maximum absolute atomic E-state index is 13.2. The lowest BCUT2D eigenvalue weighted by Crippen LogP contribution is -2.29. The van der Waals surface area contributed by atoms with E-state index in [1.54, 1.807) is 36.7 Å². The number of benzene rings is 1. The Kier molecular flexibility index (Phi) is 5.10. The molecule has 0 radical (unpaired) electrons. The fourth-order valence-corrected chi connectivity index (χ4v) is 2.42. The highest BCUT2D eigenvalue weighted by Crippen LogP contribution is 2.22. The molecular formula is C17H17FN6O. The Morgan fingerprint density at radius 3 is 2.52 bits per heavy atom. The van der Waals surface area contributed by atoms with Gasteiger partial charge >= 0.3 is 0 Å². The van der Waals surface area contributed by atoms with Crippen LogP contribution in [0, 0.1) is 5.82 Å². The normalized spacial score (nSPS) is 11.9. The predicted molar refractivity (Wildman–Crippen MR) is 89.0 cm³/mol. The summed E-state index contributed by atoms with van der Waals surface area (Å²) in [6.45, 7) is 0.881. The Labute approximate surface area is 143 Å². The predicted octanol–water partition coefficient (Wildman–Crippen LogP) is 1.29. The number of nitrogens with two attached hydrogens (primary N) is 1. The minimum absolute atomic E-state index is 0.189. The van der Waals surface area contributed by atoms with Crippen LogP contribution in [0.1, 0.15) is 27.7 Å². The molecule has 1 aromatic carbocycles. The Bertz CT molecular complexity index is 834. The van der Waals surface area contributed by atoms with Gasteiger partial charge in [0.05, 0.1) is 18.8 Å². The second-order valence-corrected chi connectivity index (χ2v) is 5.39. The standard InChI is InChI=1S/C17H17FN6O/c18-14-3-1-12(2-4-14)16(13-5-8-20-9-6-13)21-17(25)15-11-24(10-7-19)23-22-15/h1-6,8-9,11,16H,7,10,19H2,(H,21,25). The van der Waals surface area contributed by atoms with E-state index in [2.05, 4.69) is 20.6 Å². The molecule has 0 fully saturated rings. The highest BCUT2D eigenvalue weighted by Gasteiger charge is 2.20. The first-order valence-corrected chi connectivity index (χ1v) is 7.74. The number of nitrogens with zero attached hydrogens (tertiary/aromatic N) is 4. The molecule has 0 spiro atoms. The number of aromatic nitrogens is 4. The molecule has 8 heteroatoms. The minimum Gasteiger partial charge on any atom is -0.340 e. The molecule has 128 valence electrons. The van der Waals surface area contributed by atoms with Crippen molar-refractivity contribution < 1.29 is 9.18 Å². The number of hydrogen-bond donors (Lipinski definition) is 2. The van der Waals surface area contributed by atoms with Gasteiger partial charge in [-0.25, -0.2) is 4.39 Å². The van der Waals surface area contributed by atoms with E-state index in [9.17, 15) is 9.18 Å². The highest BCUT2D eigenvalue weighted by atomic mass is 19.1. The van der Waals surface area contributed by atoms with Gasteiger partial charge in [-0.3, -0.25) is 14.5 Å². The van der Waals surface area contributed by atoms with Crippen LogP contribution in [-0.4, -0.2) is 32.4 Å². The molecule has 1 amide bonds. The van der Waals surface area contributed by atoms with Crippen molar-refractivity contribution in [3.63, 3.8) is 0 Å². The van der Waals surface area contributed by atoms with Crippen molar-refractivity contribution in [2.24, 2.45) is 5.73 Å².